The van der Waals surface area contributed by atoms with Crippen molar-refractivity contribution in [2.75, 3.05) is 13.2 Å². The maximum Gasteiger partial charge on any atom is 0.344 e. The van der Waals surface area contributed by atoms with Crippen LogP contribution in [0.15, 0.2) is 0 Å². The van der Waals surface area contributed by atoms with E-state index in [2.05, 4.69) is 13.8 Å². The Morgan fingerprint density at radius 3 is 1.33 bits per heavy atom. The molecule has 0 atom stereocenters. The Kier molecular flexibility index (Phi) is 7.76. The van der Waals surface area contributed by atoms with Crippen molar-refractivity contribution in [2.24, 2.45) is 0 Å². The second kappa shape index (κ2) is 9.31. The van der Waals surface area contributed by atoms with Gasteiger partial charge in [0.1, 0.15) is 0 Å². The highest BCUT2D eigenvalue weighted by molar-refractivity contribution is 6.70. The van der Waals surface area contributed by atoms with Crippen LogP contribution < -0.4 is 0 Å². The summed E-state index contributed by atoms with van der Waals surface area (Å²) in [6.45, 7) is 6.04. The Labute approximate surface area is 133 Å². The molecule has 0 aromatic rings. The molecule has 0 heterocycles. The highest BCUT2D eigenvalue weighted by atomic mass is 28.4. The van der Waals surface area contributed by atoms with E-state index in [1.807, 2.05) is 0 Å². The summed E-state index contributed by atoms with van der Waals surface area (Å²) >= 11 is 0. The topological polar surface area (TPSA) is 18.5 Å². The van der Waals surface area contributed by atoms with E-state index in [0.717, 1.165) is 24.3 Å². The molecule has 2 fully saturated rings. The minimum atomic E-state index is -2.04. The molecule has 0 radical (unpaired) electrons. The van der Waals surface area contributed by atoms with Crippen LogP contribution in [0.3, 0.4) is 0 Å². The Bertz CT molecular complexity index is 260. The minimum absolute atomic E-state index is 0.749. The highest BCUT2D eigenvalue weighted by Gasteiger charge is 2.52. The van der Waals surface area contributed by atoms with E-state index in [4.69, 9.17) is 8.85 Å². The first-order chi connectivity index (χ1) is 10.3. The van der Waals surface area contributed by atoms with Crippen molar-refractivity contribution in [1.82, 2.24) is 0 Å². The summed E-state index contributed by atoms with van der Waals surface area (Å²) in [5.41, 5.74) is 1.52. The molecule has 0 bridgehead atoms. The van der Waals surface area contributed by atoms with Crippen molar-refractivity contribution in [3.8, 4) is 0 Å². The normalized spacial score (nSPS) is 23.7. The molecule has 124 valence electrons. The smallest absolute Gasteiger partial charge is 0.344 e. The van der Waals surface area contributed by atoms with Gasteiger partial charge in [-0.15, -0.1) is 0 Å². The Morgan fingerprint density at radius 1 is 0.619 bits per heavy atom. The van der Waals surface area contributed by atoms with Crippen LogP contribution in [0.4, 0.5) is 0 Å². The molecule has 2 saturated carbocycles. The van der Waals surface area contributed by atoms with Crippen LogP contribution in [0.5, 0.6) is 0 Å². The quantitative estimate of drug-likeness (QED) is 0.564. The maximum atomic E-state index is 6.55. The third-order valence-electron chi connectivity index (χ3n) is 5.59. The van der Waals surface area contributed by atoms with E-state index in [-0.39, 0.29) is 0 Å². The standard InChI is InChI=1S/C18H36O2Si/c1-3-19-21(20-4-2,18-15-11-12-16-18)17-13-9-7-5-6-8-10-14-17/h17-18H,3-16H2,1-2H3. The summed E-state index contributed by atoms with van der Waals surface area (Å²) in [5, 5.41) is 0. The van der Waals surface area contributed by atoms with Gasteiger partial charge in [0.05, 0.1) is 0 Å². The predicted molar refractivity (Wildman–Crippen MR) is 91.9 cm³/mol. The number of hydrogen-bond donors (Lipinski definition) is 0. The lowest BCUT2D eigenvalue weighted by Crippen LogP contribution is -2.51. The zero-order chi connectivity index (χ0) is 15.0. The molecule has 0 saturated heterocycles. The van der Waals surface area contributed by atoms with Gasteiger partial charge in [0.25, 0.3) is 0 Å². The summed E-state index contributed by atoms with van der Waals surface area (Å²) in [6.07, 6.45) is 16.8. The predicted octanol–water partition coefficient (Wildman–Crippen LogP) is 5.95. The van der Waals surface area contributed by atoms with E-state index >= 15 is 0 Å². The van der Waals surface area contributed by atoms with Gasteiger partial charge < -0.3 is 8.85 Å². The first kappa shape index (κ1) is 17.5. The molecular weight excluding hydrogens is 276 g/mol. The van der Waals surface area contributed by atoms with Crippen molar-refractivity contribution in [3.63, 3.8) is 0 Å². The minimum Gasteiger partial charge on any atom is -0.394 e. The fraction of sp³-hybridized carbons (Fsp3) is 1.00. The fourth-order valence-corrected chi connectivity index (χ4v) is 9.68. The molecule has 2 nitrogen and oxygen atoms in total. The number of rotatable bonds is 6. The van der Waals surface area contributed by atoms with Crippen LogP contribution in [0.2, 0.25) is 11.1 Å². The third kappa shape index (κ3) is 4.55. The monoisotopic (exact) mass is 312 g/mol. The molecule has 0 spiro atoms. The van der Waals surface area contributed by atoms with E-state index in [9.17, 15) is 0 Å². The van der Waals surface area contributed by atoms with Gasteiger partial charge in [0.15, 0.2) is 0 Å². The van der Waals surface area contributed by atoms with Gasteiger partial charge in [0, 0.05) is 24.3 Å². The zero-order valence-electron chi connectivity index (χ0n) is 14.4. The number of hydrogen-bond acceptors (Lipinski definition) is 2. The Balaban J connectivity index is 2.16. The summed E-state index contributed by atoms with van der Waals surface area (Å²) in [5.74, 6) is 0. The van der Waals surface area contributed by atoms with E-state index in [0.29, 0.717) is 0 Å². The second-order valence-electron chi connectivity index (χ2n) is 6.96. The van der Waals surface area contributed by atoms with Crippen LogP contribution in [0.25, 0.3) is 0 Å². The lowest BCUT2D eigenvalue weighted by molar-refractivity contribution is 0.156. The molecule has 0 aromatic carbocycles. The lowest BCUT2D eigenvalue weighted by Gasteiger charge is -2.41. The summed E-state index contributed by atoms with van der Waals surface area (Å²) in [4.78, 5) is 0. The fourth-order valence-electron chi connectivity index (χ4n) is 4.66. The van der Waals surface area contributed by atoms with Crippen LogP contribution in [-0.2, 0) is 8.85 Å². The van der Waals surface area contributed by atoms with Gasteiger partial charge in [-0.1, -0.05) is 51.4 Å². The molecule has 0 amide bonds. The summed E-state index contributed by atoms with van der Waals surface area (Å²) in [7, 11) is -2.04. The van der Waals surface area contributed by atoms with Gasteiger partial charge in [-0.2, -0.15) is 0 Å². The first-order valence-electron chi connectivity index (χ1n) is 9.61. The molecule has 2 aliphatic rings. The highest BCUT2D eigenvalue weighted by Crippen LogP contribution is 2.49. The van der Waals surface area contributed by atoms with E-state index < -0.39 is 8.56 Å². The zero-order valence-corrected chi connectivity index (χ0v) is 15.4. The van der Waals surface area contributed by atoms with Crippen molar-refractivity contribution in [1.29, 1.82) is 0 Å². The summed E-state index contributed by atoms with van der Waals surface area (Å²) in [6, 6.07) is 0. The first-order valence-corrected chi connectivity index (χ1v) is 11.6. The second-order valence-corrected chi connectivity index (χ2v) is 10.6. The van der Waals surface area contributed by atoms with Gasteiger partial charge in [-0.25, -0.2) is 0 Å². The van der Waals surface area contributed by atoms with Crippen molar-refractivity contribution < 1.29 is 8.85 Å². The molecule has 3 heteroatoms. The van der Waals surface area contributed by atoms with Crippen LogP contribution in [0.1, 0.15) is 90.9 Å². The molecule has 0 aromatic heterocycles. The largest absolute Gasteiger partial charge is 0.394 e. The molecule has 0 unspecified atom stereocenters. The van der Waals surface area contributed by atoms with Crippen LogP contribution in [-0.4, -0.2) is 21.8 Å². The lowest BCUT2D eigenvalue weighted by atomic mass is 10.1. The summed E-state index contributed by atoms with van der Waals surface area (Å²) < 4.78 is 13.1. The molecule has 0 N–H and O–H groups in total. The van der Waals surface area contributed by atoms with Crippen molar-refractivity contribution in [2.45, 2.75) is 102 Å². The molecule has 21 heavy (non-hydrogen) atoms. The SMILES string of the molecule is CCO[Si](OCC)(C1CCCCCCCC1)C1CCCC1. The molecule has 0 aliphatic heterocycles. The molecular formula is C18H36O2Si. The average molecular weight is 313 g/mol. The van der Waals surface area contributed by atoms with Crippen molar-refractivity contribution in [3.05, 3.63) is 0 Å². The third-order valence-corrected chi connectivity index (χ3v) is 10.5. The van der Waals surface area contributed by atoms with E-state index in [1.165, 1.54) is 77.0 Å². The molecule has 2 aliphatic carbocycles. The van der Waals surface area contributed by atoms with Crippen molar-refractivity contribution >= 4 is 8.56 Å². The Hall–Kier alpha value is 0.137. The van der Waals surface area contributed by atoms with Gasteiger partial charge in [-0.3, -0.25) is 0 Å². The van der Waals surface area contributed by atoms with E-state index in [1.54, 1.807) is 0 Å². The Morgan fingerprint density at radius 2 is 0.952 bits per heavy atom. The van der Waals surface area contributed by atoms with Gasteiger partial charge in [0.2, 0.25) is 0 Å². The average Bonchev–Trinajstić information content (AvgIpc) is 3.05. The van der Waals surface area contributed by atoms with Crippen LogP contribution in [0, 0.1) is 0 Å². The maximum absolute atomic E-state index is 6.55. The van der Waals surface area contributed by atoms with Crippen LogP contribution >= 0.6 is 0 Å². The van der Waals surface area contributed by atoms with Gasteiger partial charge in [-0.05, 0) is 39.5 Å². The van der Waals surface area contributed by atoms with Gasteiger partial charge >= 0.3 is 8.56 Å². The molecule has 2 rings (SSSR count).